The topological polar surface area (TPSA) is 63.8 Å². The van der Waals surface area contributed by atoms with Crippen LogP contribution in [0.4, 0.5) is 11.5 Å². The Kier molecular flexibility index (Phi) is 4.15. The van der Waals surface area contributed by atoms with Gasteiger partial charge in [-0.2, -0.15) is 0 Å². The van der Waals surface area contributed by atoms with Gasteiger partial charge in [-0.3, -0.25) is 0 Å². The van der Waals surface area contributed by atoms with Crippen molar-refractivity contribution >= 4 is 23.1 Å². The van der Waals surface area contributed by atoms with Crippen LogP contribution < -0.4 is 11.1 Å². The number of anilines is 2. The summed E-state index contributed by atoms with van der Waals surface area (Å²) < 4.78 is 0. The van der Waals surface area contributed by atoms with Gasteiger partial charge in [0.2, 0.25) is 0 Å². The van der Waals surface area contributed by atoms with Gasteiger partial charge in [0.1, 0.15) is 11.5 Å². The average Bonchev–Trinajstić information content (AvgIpc) is 2.12. The van der Waals surface area contributed by atoms with Crippen molar-refractivity contribution in [1.29, 1.82) is 0 Å². The predicted octanol–water partition coefficient (Wildman–Crippen LogP) is 2.34. The summed E-state index contributed by atoms with van der Waals surface area (Å²) in [4.78, 5) is 8.48. The SMILES string of the molecule is CCNc1nc(CC(C)C)nc(Cl)c1N. The Morgan fingerprint density at radius 3 is 2.60 bits per heavy atom. The van der Waals surface area contributed by atoms with Gasteiger partial charge in [-0.25, -0.2) is 9.97 Å². The maximum atomic E-state index is 5.92. The zero-order valence-electron chi connectivity index (χ0n) is 9.34. The second-order valence-electron chi connectivity index (χ2n) is 3.82. The summed E-state index contributed by atoms with van der Waals surface area (Å²) in [7, 11) is 0. The smallest absolute Gasteiger partial charge is 0.157 e. The lowest BCUT2D eigenvalue weighted by Crippen LogP contribution is -2.09. The number of nitrogens with two attached hydrogens (primary N) is 1. The average molecular weight is 229 g/mol. The highest BCUT2D eigenvalue weighted by Crippen LogP contribution is 2.24. The third-order valence-electron chi connectivity index (χ3n) is 1.88. The van der Waals surface area contributed by atoms with Gasteiger partial charge < -0.3 is 11.1 Å². The Morgan fingerprint density at radius 2 is 2.07 bits per heavy atom. The van der Waals surface area contributed by atoms with E-state index < -0.39 is 0 Å². The fraction of sp³-hybridized carbons (Fsp3) is 0.600. The molecular formula is C10H17ClN4. The van der Waals surface area contributed by atoms with E-state index >= 15 is 0 Å². The van der Waals surface area contributed by atoms with Crippen LogP contribution in [0.5, 0.6) is 0 Å². The lowest BCUT2D eigenvalue weighted by Gasteiger charge is -2.10. The summed E-state index contributed by atoms with van der Waals surface area (Å²) in [6.45, 7) is 6.97. The maximum absolute atomic E-state index is 5.92. The molecule has 0 spiro atoms. The molecule has 1 aromatic rings. The van der Waals surface area contributed by atoms with E-state index in [9.17, 15) is 0 Å². The molecule has 0 aromatic carbocycles. The molecule has 84 valence electrons. The molecule has 0 fully saturated rings. The normalized spacial score (nSPS) is 10.7. The Morgan fingerprint density at radius 1 is 1.40 bits per heavy atom. The van der Waals surface area contributed by atoms with Gasteiger partial charge in [0, 0.05) is 13.0 Å². The minimum absolute atomic E-state index is 0.330. The highest BCUT2D eigenvalue weighted by atomic mass is 35.5. The molecule has 0 unspecified atom stereocenters. The number of nitrogen functional groups attached to an aromatic ring is 1. The van der Waals surface area contributed by atoms with Crippen molar-refractivity contribution in [3.05, 3.63) is 11.0 Å². The highest BCUT2D eigenvalue weighted by molar-refractivity contribution is 6.32. The van der Waals surface area contributed by atoms with E-state index in [1.807, 2.05) is 6.92 Å². The van der Waals surface area contributed by atoms with Gasteiger partial charge in [0.05, 0.1) is 0 Å². The highest BCUT2D eigenvalue weighted by Gasteiger charge is 2.10. The maximum Gasteiger partial charge on any atom is 0.157 e. The fourth-order valence-electron chi connectivity index (χ4n) is 1.24. The van der Waals surface area contributed by atoms with Crippen molar-refractivity contribution in [1.82, 2.24) is 9.97 Å². The molecule has 0 bridgehead atoms. The molecule has 1 aromatic heterocycles. The Hall–Kier alpha value is -1.03. The molecule has 15 heavy (non-hydrogen) atoms. The summed E-state index contributed by atoms with van der Waals surface area (Å²) in [5.41, 5.74) is 6.17. The molecule has 0 aliphatic rings. The monoisotopic (exact) mass is 228 g/mol. The predicted molar refractivity (Wildman–Crippen MR) is 64.2 cm³/mol. The van der Waals surface area contributed by atoms with Crippen molar-refractivity contribution in [3.63, 3.8) is 0 Å². The van der Waals surface area contributed by atoms with Crippen LogP contribution in [0.3, 0.4) is 0 Å². The molecule has 4 nitrogen and oxygen atoms in total. The third-order valence-corrected chi connectivity index (χ3v) is 2.17. The van der Waals surface area contributed by atoms with Crippen molar-refractivity contribution in [3.8, 4) is 0 Å². The van der Waals surface area contributed by atoms with Crippen LogP contribution >= 0.6 is 11.6 Å². The molecule has 0 aliphatic heterocycles. The standard InChI is InChI=1S/C10H17ClN4/c1-4-13-10-8(12)9(11)14-7(15-10)5-6(2)3/h6H,4-5,12H2,1-3H3,(H,13,14,15). The summed E-state index contributed by atoms with van der Waals surface area (Å²) in [5, 5.41) is 3.40. The number of aromatic nitrogens is 2. The van der Waals surface area contributed by atoms with Crippen LogP contribution in [-0.2, 0) is 6.42 Å². The fourth-order valence-corrected chi connectivity index (χ4v) is 1.43. The van der Waals surface area contributed by atoms with Crippen LogP contribution in [0.1, 0.15) is 26.6 Å². The van der Waals surface area contributed by atoms with Crippen LogP contribution in [-0.4, -0.2) is 16.5 Å². The molecule has 0 atom stereocenters. The molecule has 3 N–H and O–H groups in total. The molecule has 1 heterocycles. The van der Waals surface area contributed by atoms with Gasteiger partial charge in [0.15, 0.2) is 11.0 Å². The first-order chi connectivity index (χ1) is 7.04. The van der Waals surface area contributed by atoms with Crippen LogP contribution in [0.2, 0.25) is 5.15 Å². The van der Waals surface area contributed by atoms with Gasteiger partial charge in [0.25, 0.3) is 0 Å². The molecule has 1 rings (SSSR count). The zero-order chi connectivity index (χ0) is 11.4. The minimum atomic E-state index is 0.330. The molecule has 0 radical (unpaired) electrons. The number of hydrogen-bond acceptors (Lipinski definition) is 4. The Bertz CT molecular complexity index is 338. The summed E-state index contributed by atoms with van der Waals surface area (Å²) in [5.74, 6) is 1.87. The largest absolute Gasteiger partial charge is 0.393 e. The van der Waals surface area contributed by atoms with Crippen molar-refractivity contribution < 1.29 is 0 Å². The van der Waals surface area contributed by atoms with Gasteiger partial charge in [-0.05, 0) is 12.8 Å². The number of nitrogens with one attached hydrogen (secondary N) is 1. The molecule has 0 amide bonds. The van der Waals surface area contributed by atoms with E-state index in [2.05, 4.69) is 29.1 Å². The zero-order valence-corrected chi connectivity index (χ0v) is 10.1. The summed E-state index contributed by atoms with van der Waals surface area (Å²) >= 11 is 5.92. The summed E-state index contributed by atoms with van der Waals surface area (Å²) in [6.07, 6.45) is 0.804. The number of hydrogen-bond donors (Lipinski definition) is 2. The minimum Gasteiger partial charge on any atom is -0.393 e. The second kappa shape index (κ2) is 5.16. The number of halogens is 1. The van der Waals surface area contributed by atoms with E-state index in [1.54, 1.807) is 0 Å². The van der Waals surface area contributed by atoms with E-state index in [0.717, 1.165) is 18.8 Å². The first-order valence-corrected chi connectivity index (χ1v) is 5.48. The lowest BCUT2D eigenvalue weighted by molar-refractivity contribution is 0.621. The van der Waals surface area contributed by atoms with Crippen molar-refractivity contribution in [2.45, 2.75) is 27.2 Å². The molecule has 0 aliphatic carbocycles. The Labute approximate surface area is 95.3 Å². The third kappa shape index (κ3) is 3.23. The number of rotatable bonds is 4. The van der Waals surface area contributed by atoms with E-state index in [0.29, 0.717) is 22.6 Å². The van der Waals surface area contributed by atoms with Gasteiger partial charge in [-0.1, -0.05) is 25.4 Å². The molecule has 5 heteroatoms. The van der Waals surface area contributed by atoms with Crippen LogP contribution in [0, 0.1) is 5.92 Å². The molecular weight excluding hydrogens is 212 g/mol. The van der Waals surface area contributed by atoms with Gasteiger partial charge >= 0.3 is 0 Å². The van der Waals surface area contributed by atoms with Crippen LogP contribution in [0.25, 0.3) is 0 Å². The first-order valence-electron chi connectivity index (χ1n) is 5.10. The molecule has 0 saturated carbocycles. The van der Waals surface area contributed by atoms with E-state index in [-0.39, 0.29) is 0 Å². The Balaban J connectivity index is 3.00. The quantitative estimate of drug-likeness (QED) is 0.777. The number of nitrogens with zero attached hydrogens (tertiary/aromatic N) is 2. The second-order valence-corrected chi connectivity index (χ2v) is 4.18. The summed E-state index contributed by atoms with van der Waals surface area (Å²) in [6, 6.07) is 0. The molecule has 0 saturated heterocycles. The van der Waals surface area contributed by atoms with E-state index in [1.165, 1.54) is 0 Å². The van der Waals surface area contributed by atoms with Crippen molar-refractivity contribution in [2.75, 3.05) is 17.6 Å². The first kappa shape index (κ1) is 12.0. The lowest BCUT2D eigenvalue weighted by atomic mass is 10.1. The van der Waals surface area contributed by atoms with E-state index in [4.69, 9.17) is 17.3 Å². The van der Waals surface area contributed by atoms with Crippen molar-refractivity contribution in [2.24, 2.45) is 5.92 Å². The van der Waals surface area contributed by atoms with Gasteiger partial charge in [-0.15, -0.1) is 0 Å². The van der Waals surface area contributed by atoms with Crippen LogP contribution in [0.15, 0.2) is 0 Å².